The van der Waals surface area contributed by atoms with E-state index in [1.807, 2.05) is 25.1 Å². The van der Waals surface area contributed by atoms with E-state index in [-0.39, 0.29) is 10.9 Å². The number of hydrogen-bond acceptors (Lipinski definition) is 5. The van der Waals surface area contributed by atoms with E-state index in [2.05, 4.69) is 31.2 Å². The molecule has 7 nitrogen and oxygen atoms in total. The Kier molecular flexibility index (Phi) is 8.55. The molecule has 0 unspecified atom stereocenters. The van der Waals surface area contributed by atoms with Gasteiger partial charge in [-0.05, 0) is 62.4 Å². The summed E-state index contributed by atoms with van der Waals surface area (Å²) in [5.74, 6) is 0.355. The van der Waals surface area contributed by atoms with Gasteiger partial charge in [-0.3, -0.25) is 9.69 Å². The number of H-pyrrole nitrogens is 1. The van der Waals surface area contributed by atoms with E-state index in [1.54, 1.807) is 18.2 Å². The summed E-state index contributed by atoms with van der Waals surface area (Å²) in [7, 11) is 0. The summed E-state index contributed by atoms with van der Waals surface area (Å²) in [5.41, 5.74) is 3.42. The van der Waals surface area contributed by atoms with Crippen molar-refractivity contribution in [2.45, 2.75) is 13.3 Å². The van der Waals surface area contributed by atoms with Crippen molar-refractivity contribution >= 4 is 45.8 Å². The Morgan fingerprint density at radius 2 is 1.92 bits per heavy atom. The number of carbonyl (C=O) groups excluding carboxylic acids is 1. The summed E-state index contributed by atoms with van der Waals surface area (Å²) in [6, 6.07) is 16.0. The van der Waals surface area contributed by atoms with Gasteiger partial charge < -0.3 is 19.9 Å². The maximum atomic E-state index is 13.9. The molecule has 1 saturated heterocycles. The predicted molar refractivity (Wildman–Crippen MR) is 155 cm³/mol. The zero-order chi connectivity index (χ0) is 27.4. The summed E-state index contributed by atoms with van der Waals surface area (Å²) >= 11 is 12.0. The number of amides is 1. The summed E-state index contributed by atoms with van der Waals surface area (Å²) in [4.78, 5) is 25.3. The van der Waals surface area contributed by atoms with Gasteiger partial charge in [0.2, 0.25) is 0 Å². The molecule has 0 aliphatic carbocycles. The molecule has 2 N–H and O–H groups in total. The van der Waals surface area contributed by atoms with Gasteiger partial charge in [0.15, 0.2) is 0 Å². The molecule has 204 valence electrons. The SMILES string of the molecule is CCOc1cc(C(=O)NCCCN2CCN(c3cccc(Cl)c3)CC2)ccc1-c1nc2cc(Cl)c(F)cc2[nH]1. The number of anilines is 1. The van der Waals surface area contributed by atoms with Crippen LogP contribution in [0, 0.1) is 5.82 Å². The highest BCUT2D eigenvalue weighted by Gasteiger charge is 2.18. The van der Waals surface area contributed by atoms with Crippen LogP contribution in [0.4, 0.5) is 10.1 Å². The molecule has 0 radical (unpaired) electrons. The van der Waals surface area contributed by atoms with Gasteiger partial charge in [0.1, 0.15) is 17.4 Å². The van der Waals surface area contributed by atoms with E-state index in [9.17, 15) is 9.18 Å². The quantitative estimate of drug-likeness (QED) is 0.241. The molecule has 5 rings (SSSR count). The molecule has 1 aromatic heterocycles. The summed E-state index contributed by atoms with van der Waals surface area (Å²) in [6.45, 7) is 7.64. The van der Waals surface area contributed by atoms with E-state index >= 15 is 0 Å². The molecule has 1 fully saturated rings. The van der Waals surface area contributed by atoms with Crippen molar-refractivity contribution in [3.8, 4) is 17.1 Å². The van der Waals surface area contributed by atoms with Gasteiger partial charge >= 0.3 is 0 Å². The molecular formula is C29H30Cl2FN5O2. The molecule has 1 aliphatic rings. The number of rotatable bonds is 9. The number of ether oxygens (including phenoxy) is 1. The molecule has 1 aliphatic heterocycles. The Hall–Kier alpha value is -3.33. The van der Waals surface area contributed by atoms with Crippen molar-refractivity contribution < 1.29 is 13.9 Å². The van der Waals surface area contributed by atoms with E-state index in [4.69, 9.17) is 27.9 Å². The van der Waals surface area contributed by atoms with Gasteiger partial charge in [-0.25, -0.2) is 9.37 Å². The van der Waals surface area contributed by atoms with Gasteiger partial charge in [0, 0.05) is 55.1 Å². The van der Waals surface area contributed by atoms with Crippen LogP contribution < -0.4 is 15.0 Å². The first-order valence-electron chi connectivity index (χ1n) is 13.0. The van der Waals surface area contributed by atoms with E-state index in [1.165, 1.54) is 12.1 Å². The number of nitrogens with zero attached hydrogens (tertiary/aromatic N) is 3. The lowest BCUT2D eigenvalue weighted by molar-refractivity contribution is 0.0951. The topological polar surface area (TPSA) is 73.5 Å². The fourth-order valence-electron chi connectivity index (χ4n) is 4.78. The summed E-state index contributed by atoms with van der Waals surface area (Å²) in [6.07, 6.45) is 0.859. The van der Waals surface area contributed by atoms with Crippen molar-refractivity contribution in [1.29, 1.82) is 0 Å². The highest BCUT2D eigenvalue weighted by molar-refractivity contribution is 6.31. The number of fused-ring (bicyclic) bond motifs is 1. The molecule has 10 heteroatoms. The number of imidazole rings is 1. The molecule has 0 bridgehead atoms. The Bertz CT molecular complexity index is 1430. The minimum absolute atomic E-state index is 0.0115. The van der Waals surface area contributed by atoms with Crippen molar-refractivity contribution in [3.05, 3.63) is 76.0 Å². The summed E-state index contributed by atoms with van der Waals surface area (Å²) < 4.78 is 19.7. The minimum Gasteiger partial charge on any atom is -0.493 e. The number of piperazine rings is 1. The second-order valence-electron chi connectivity index (χ2n) is 9.43. The van der Waals surface area contributed by atoms with Crippen molar-refractivity contribution in [2.24, 2.45) is 0 Å². The second-order valence-corrected chi connectivity index (χ2v) is 10.3. The number of benzene rings is 3. The first-order valence-corrected chi connectivity index (χ1v) is 13.8. The molecule has 2 heterocycles. The van der Waals surface area contributed by atoms with Gasteiger partial charge in [0.25, 0.3) is 5.91 Å². The van der Waals surface area contributed by atoms with Crippen LogP contribution in [0.2, 0.25) is 10.0 Å². The number of aromatic nitrogens is 2. The van der Waals surface area contributed by atoms with Crippen LogP contribution in [-0.2, 0) is 0 Å². The average Bonchev–Trinajstić information content (AvgIpc) is 3.34. The van der Waals surface area contributed by atoms with Gasteiger partial charge in [-0.1, -0.05) is 29.3 Å². The van der Waals surface area contributed by atoms with E-state index in [0.29, 0.717) is 46.9 Å². The standard InChI is InChI=1S/C29H30Cl2FN5O2/c1-2-39-27-15-19(7-8-22(27)28-34-25-17-23(31)24(32)18-26(25)35-28)29(38)33-9-4-10-36-11-13-37(14-12-36)21-6-3-5-20(30)16-21/h3,5-8,15-18H,2,4,9-14H2,1H3,(H,33,38)(H,34,35). The average molecular weight is 570 g/mol. The van der Waals surface area contributed by atoms with E-state index < -0.39 is 5.82 Å². The molecule has 3 aromatic carbocycles. The predicted octanol–water partition coefficient (Wildman–Crippen LogP) is 6.02. The monoisotopic (exact) mass is 569 g/mol. The lowest BCUT2D eigenvalue weighted by Crippen LogP contribution is -2.47. The maximum Gasteiger partial charge on any atom is 0.251 e. The fraction of sp³-hybridized carbons (Fsp3) is 0.310. The van der Waals surface area contributed by atoms with Crippen LogP contribution in [0.25, 0.3) is 22.4 Å². The highest BCUT2D eigenvalue weighted by Crippen LogP contribution is 2.32. The Balaban J connectivity index is 1.15. The maximum absolute atomic E-state index is 13.9. The van der Waals surface area contributed by atoms with E-state index in [0.717, 1.165) is 49.9 Å². The van der Waals surface area contributed by atoms with Crippen LogP contribution in [0.1, 0.15) is 23.7 Å². The second kappa shape index (κ2) is 12.2. The Morgan fingerprint density at radius 3 is 2.69 bits per heavy atom. The fourth-order valence-corrected chi connectivity index (χ4v) is 5.12. The van der Waals surface area contributed by atoms with Crippen LogP contribution in [0.3, 0.4) is 0 Å². The molecule has 0 spiro atoms. The Morgan fingerprint density at radius 1 is 1.10 bits per heavy atom. The Labute approximate surface area is 236 Å². The lowest BCUT2D eigenvalue weighted by Gasteiger charge is -2.36. The molecule has 4 aromatic rings. The molecule has 39 heavy (non-hydrogen) atoms. The van der Waals surface area contributed by atoms with Crippen LogP contribution in [-0.4, -0.2) is 66.7 Å². The molecule has 1 amide bonds. The number of aromatic amines is 1. The smallest absolute Gasteiger partial charge is 0.251 e. The molecule has 0 saturated carbocycles. The zero-order valence-electron chi connectivity index (χ0n) is 21.6. The third-order valence-corrected chi connectivity index (χ3v) is 7.33. The number of nitrogens with one attached hydrogen (secondary N) is 2. The van der Waals surface area contributed by atoms with Gasteiger partial charge in [0.05, 0.1) is 28.2 Å². The van der Waals surface area contributed by atoms with Crippen molar-refractivity contribution in [3.63, 3.8) is 0 Å². The first kappa shape index (κ1) is 27.2. The van der Waals surface area contributed by atoms with Crippen LogP contribution in [0.15, 0.2) is 54.6 Å². The minimum atomic E-state index is -0.517. The van der Waals surface area contributed by atoms with Crippen LogP contribution in [0.5, 0.6) is 5.75 Å². The number of carbonyl (C=O) groups is 1. The largest absolute Gasteiger partial charge is 0.493 e. The summed E-state index contributed by atoms with van der Waals surface area (Å²) in [5, 5.41) is 3.78. The molecule has 0 atom stereocenters. The van der Waals surface area contributed by atoms with Crippen molar-refractivity contribution in [1.82, 2.24) is 20.2 Å². The molecular weight excluding hydrogens is 540 g/mol. The lowest BCUT2D eigenvalue weighted by atomic mass is 10.1. The number of hydrogen-bond donors (Lipinski definition) is 2. The van der Waals surface area contributed by atoms with Gasteiger partial charge in [-0.15, -0.1) is 0 Å². The third-order valence-electron chi connectivity index (χ3n) is 6.81. The van der Waals surface area contributed by atoms with Gasteiger partial charge in [-0.2, -0.15) is 0 Å². The van der Waals surface area contributed by atoms with Crippen LogP contribution >= 0.6 is 23.2 Å². The number of halogens is 3. The highest BCUT2D eigenvalue weighted by atomic mass is 35.5. The third kappa shape index (κ3) is 6.46. The zero-order valence-corrected chi connectivity index (χ0v) is 23.2. The first-order chi connectivity index (χ1) is 18.9. The van der Waals surface area contributed by atoms with Crippen molar-refractivity contribution in [2.75, 3.05) is 50.8 Å². The normalized spacial score (nSPS) is 14.1.